The lowest BCUT2D eigenvalue weighted by atomic mass is 9.91. The topological polar surface area (TPSA) is 46.6 Å². The van der Waals surface area contributed by atoms with E-state index in [0.29, 0.717) is 12.0 Å². The summed E-state index contributed by atoms with van der Waals surface area (Å²) in [4.78, 5) is 25.9. The van der Waals surface area contributed by atoms with Crippen LogP contribution in [0.5, 0.6) is 0 Å². The monoisotopic (exact) mass is 263 g/mol. The minimum atomic E-state index is -0.543. The van der Waals surface area contributed by atoms with E-state index in [1.165, 1.54) is 0 Å². The molecule has 0 aromatic rings. The molecule has 0 radical (unpaired) electrons. The molecule has 4 nitrogen and oxygen atoms in total. The number of ketones is 1. The number of Topliss-reactive ketones (excluding diaryl/α,β-unsaturated/α-hetero) is 1. The molecule has 0 atom stereocenters. The second-order valence-electron chi connectivity index (χ2n) is 4.62. The second kappa shape index (κ2) is 6.92. The molecule has 0 saturated carbocycles. The lowest BCUT2D eigenvalue weighted by Crippen LogP contribution is -2.20. The highest BCUT2D eigenvalue weighted by Crippen LogP contribution is 2.23. The van der Waals surface area contributed by atoms with E-state index in [2.05, 4.69) is 0 Å². The van der Waals surface area contributed by atoms with Crippen LogP contribution in [0.1, 0.15) is 26.7 Å². The zero-order valence-corrected chi connectivity index (χ0v) is 12.0. The molecule has 104 valence electrons. The molecule has 1 aliphatic carbocycles. The summed E-state index contributed by atoms with van der Waals surface area (Å²) in [6.45, 7) is 4.00. The van der Waals surface area contributed by atoms with Crippen molar-refractivity contribution >= 4 is 11.8 Å². The van der Waals surface area contributed by atoms with Crippen LogP contribution in [0.2, 0.25) is 0 Å². The maximum absolute atomic E-state index is 12.2. The lowest BCUT2D eigenvalue weighted by molar-refractivity contribution is -0.139. The summed E-state index contributed by atoms with van der Waals surface area (Å²) in [6, 6.07) is 0. The van der Waals surface area contributed by atoms with Gasteiger partial charge in [0.05, 0.1) is 6.61 Å². The van der Waals surface area contributed by atoms with Gasteiger partial charge in [-0.1, -0.05) is 13.3 Å². The van der Waals surface area contributed by atoms with Crippen LogP contribution in [0.3, 0.4) is 0 Å². The van der Waals surface area contributed by atoms with E-state index in [4.69, 9.17) is 4.74 Å². The number of rotatable bonds is 5. The Kier molecular flexibility index (Phi) is 5.55. The summed E-state index contributed by atoms with van der Waals surface area (Å²) in [6.07, 6.45) is 6.85. The van der Waals surface area contributed by atoms with Gasteiger partial charge in [0.1, 0.15) is 5.57 Å². The highest BCUT2D eigenvalue weighted by atomic mass is 16.5. The molecular weight excluding hydrogens is 242 g/mol. The number of carbonyl (C=O) groups is 2. The van der Waals surface area contributed by atoms with Crippen molar-refractivity contribution in [1.29, 1.82) is 0 Å². The van der Waals surface area contributed by atoms with E-state index < -0.39 is 5.97 Å². The van der Waals surface area contributed by atoms with E-state index >= 15 is 0 Å². The third-order valence-corrected chi connectivity index (χ3v) is 2.61. The zero-order valence-electron chi connectivity index (χ0n) is 12.0. The first kappa shape index (κ1) is 15.2. The predicted octanol–water partition coefficient (Wildman–Crippen LogP) is 2.23. The lowest BCUT2D eigenvalue weighted by Gasteiger charge is -2.16. The van der Waals surface area contributed by atoms with E-state index in [1.54, 1.807) is 13.0 Å². The molecule has 0 aromatic carbocycles. The zero-order chi connectivity index (χ0) is 14.4. The van der Waals surface area contributed by atoms with Crippen LogP contribution in [0.15, 0.2) is 35.1 Å². The van der Waals surface area contributed by atoms with Crippen molar-refractivity contribution in [3.8, 4) is 0 Å². The fourth-order valence-corrected chi connectivity index (χ4v) is 1.90. The van der Waals surface area contributed by atoms with Crippen molar-refractivity contribution < 1.29 is 14.3 Å². The molecular formula is C15H21NO3. The Morgan fingerprint density at radius 1 is 1.32 bits per heavy atom. The molecule has 0 N–H and O–H groups in total. The van der Waals surface area contributed by atoms with Crippen molar-refractivity contribution in [3.05, 3.63) is 35.1 Å². The largest absolute Gasteiger partial charge is 0.462 e. The van der Waals surface area contributed by atoms with Crippen molar-refractivity contribution in [2.75, 3.05) is 20.7 Å². The molecule has 1 rings (SSSR count). The number of allylic oxidation sites excluding steroid dienone is 4. The highest BCUT2D eigenvalue weighted by molar-refractivity contribution is 6.25. The maximum atomic E-state index is 12.2. The highest BCUT2D eigenvalue weighted by Gasteiger charge is 2.26. The van der Waals surface area contributed by atoms with Gasteiger partial charge in [0.15, 0.2) is 5.78 Å². The first-order valence-electron chi connectivity index (χ1n) is 6.51. The smallest absolute Gasteiger partial charge is 0.342 e. The third-order valence-electron chi connectivity index (χ3n) is 2.61. The van der Waals surface area contributed by atoms with E-state index in [1.807, 2.05) is 38.2 Å². The molecule has 0 unspecified atom stereocenters. The average molecular weight is 263 g/mol. The van der Waals surface area contributed by atoms with Gasteiger partial charge >= 0.3 is 5.97 Å². The van der Waals surface area contributed by atoms with Gasteiger partial charge in [-0.05, 0) is 31.1 Å². The first-order valence-corrected chi connectivity index (χ1v) is 6.51. The summed E-state index contributed by atoms with van der Waals surface area (Å²) in [5, 5.41) is 0. The van der Waals surface area contributed by atoms with Crippen LogP contribution in [0.4, 0.5) is 0 Å². The Balaban J connectivity index is 3.12. The quantitative estimate of drug-likeness (QED) is 0.563. The first-order chi connectivity index (χ1) is 8.99. The number of hydrogen-bond donors (Lipinski definition) is 0. The molecule has 19 heavy (non-hydrogen) atoms. The van der Waals surface area contributed by atoms with Gasteiger partial charge in [0, 0.05) is 25.9 Å². The number of ether oxygens (including phenoxy) is 1. The Hall–Kier alpha value is -1.84. The molecule has 0 aromatic heterocycles. The fraction of sp³-hybridized carbons (Fsp3) is 0.467. The Morgan fingerprint density at radius 3 is 2.53 bits per heavy atom. The number of hydrogen-bond acceptors (Lipinski definition) is 4. The number of esters is 1. The summed E-state index contributed by atoms with van der Waals surface area (Å²) in [7, 11) is 3.79. The van der Waals surface area contributed by atoms with Gasteiger partial charge in [-0.25, -0.2) is 4.79 Å². The van der Waals surface area contributed by atoms with Gasteiger partial charge in [-0.15, -0.1) is 0 Å². The predicted molar refractivity (Wildman–Crippen MR) is 74.5 cm³/mol. The Morgan fingerprint density at radius 2 is 2.00 bits per heavy atom. The Bertz CT molecular complexity index is 456. The van der Waals surface area contributed by atoms with E-state index in [0.717, 1.165) is 12.0 Å². The Labute approximate surface area is 114 Å². The van der Waals surface area contributed by atoms with Gasteiger partial charge in [-0.3, -0.25) is 4.79 Å². The summed E-state index contributed by atoms with van der Waals surface area (Å²) < 4.78 is 4.94. The summed E-state index contributed by atoms with van der Waals surface area (Å²) in [5.74, 6) is -0.755. The molecule has 0 spiro atoms. The van der Waals surface area contributed by atoms with E-state index in [-0.39, 0.29) is 18.0 Å². The summed E-state index contributed by atoms with van der Waals surface area (Å²) >= 11 is 0. The minimum absolute atomic E-state index is 0.126. The minimum Gasteiger partial charge on any atom is -0.462 e. The van der Waals surface area contributed by atoms with E-state index in [9.17, 15) is 9.59 Å². The van der Waals surface area contributed by atoms with Crippen molar-refractivity contribution in [2.24, 2.45) is 0 Å². The van der Waals surface area contributed by atoms with Crippen LogP contribution in [-0.2, 0) is 14.3 Å². The number of carbonyl (C=O) groups excluding carboxylic acids is 2. The third kappa shape index (κ3) is 4.09. The molecule has 0 bridgehead atoms. The van der Waals surface area contributed by atoms with Gasteiger partial charge < -0.3 is 9.64 Å². The van der Waals surface area contributed by atoms with Crippen molar-refractivity contribution in [1.82, 2.24) is 4.90 Å². The fourth-order valence-electron chi connectivity index (χ4n) is 1.90. The van der Waals surface area contributed by atoms with Crippen LogP contribution in [-0.4, -0.2) is 37.4 Å². The van der Waals surface area contributed by atoms with Crippen LogP contribution in [0, 0.1) is 0 Å². The van der Waals surface area contributed by atoms with Gasteiger partial charge in [0.25, 0.3) is 0 Å². The SMILES string of the molecule is CCCC1=C/C(=C/N(C)C)C=C(C(=O)OCC)C1=O. The van der Waals surface area contributed by atoms with Crippen LogP contribution >= 0.6 is 0 Å². The van der Waals surface area contributed by atoms with Gasteiger partial charge in [-0.2, -0.15) is 0 Å². The molecule has 0 aliphatic heterocycles. The molecule has 0 saturated heterocycles. The second-order valence-corrected chi connectivity index (χ2v) is 4.62. The number of nitrogens with zero attached hydrogens (tertiary/aromatic N) is 1. The molecule has 4 heteroatoms. The van der Waals surface area contributed by atoms with Crippen molar-refractivity contribution in [3.63, 3.8) is 0 Å². The average Bonchev–Trinajstić information content (AvgIpc) is 2.33. The van der Waals surface area contributed by atoms with Crippen molar-refractivity contribution in [2.45, 2.75) is 26.7 Å². The standard InChI is InChI=1S/C15H21NO3/c1-5-7-12-8-11(10-16(3)4)9-13(14(12)17)15(18)19-6-2/h8-10H,5-7H2,1-4H3/b11-10-. The van der Waals surface area contributed by atoms with Crippen LogP contribution in [0.25, 0.3) is 0 Å². The molecule has 0 amide bonds. The normalized spacial score (nSPS) is 17.1. The molecule has 0 fully saturated rings. The van der Waals surface area contributed by atoms with Crippen LogP contribution < -0.4 is 0 Å². The van der Waals surface area contributed by atoms with Gasteiger partial charge in [0.2, 0.25) is 0 Å². The molecule has 0 heterocycles. The molecule has 1 aliphatic rings. The maximum Gasteiger partial charge on any atom is 0.342 e. The summed E-state index contributed by atoms with van der Waals surface area (Å²) in [5.41, 5.74) is 1.64.